The predicted octanol–water partition coefficient (Wildman–Crippen LogP) is 3.15. The molecule has 2 aromatic carbocycles. The normalized spacial score (nSPS) is 14.6. The van der Waals surface area contributed by atoms with Crippen LogP contribution in [0.2, 0.25) is 0 Å². The zero-order valence-electron chi connectivity index (χ0n) is 13.8. The molecule has 1 aromatic heterocycles. The highest BCUT2D eigenvalue weighted by Gasteiger charge is 2.20. The Morgan fingerprint density at radius 1 is 0.880 bits per heavy atom. The van der Waals surface area contributed by atoms with E-state index in [0.29, 0.717) is 0 Å². The van der Waals surface area contributed by atoms with Gasteiger partial charge in [0.25, 0.3) is 0 Å². The van der Waals surface area contributed by atoms with Crippen LogP contribution in [0.4, 0.5) is 11.5 Å². The van der Waals surface area contributed by atoms with E-state index in [-0.39, 0.29) is 0 Å². The molecule has 126 valence electrons. The van der Waals surface area contributed by atoms with Crippen LogP contribution < -0.4 is 10.2 Å². The van der Waals surface area contributed by atoms with E-state index >= 15 is 0 Å². The fourth-order valence-electron chi connectivity index (χ4n) is 2.96. The molecular formula is C19H19N5S. The number of hydrogen-bond acceptors (Lipinski definition) is 4. The van der Waals surface area contributed by atoms with Gasteiger partial charge >= 0.3 is 0 Å². The van der Waals surface area contributed by atoms with Gasteiger partial charge in [-0.3, -0.25) is 4.98 Å². The van der Waals surface area contributed by atoms with Gasteiger partial charge in [0.15, 0.2) is 5.11 Å². The Bertz CT molecular complexity index is 875. The van der Waals surface area contributed by atoms with Crippen molar-refractivity contribution in [3.8, 4) is 0 Å². The maximum Gasteiger partial charge on any atom is 0.173 e. The quantitative estimate of drug-likeness (QED) is 0.717. The van der Waals surface area contributed by atoms with Gasteiger partial charge in [0.1, 0.15) is 5.82 Å². The third kappa shape index (κ3) is 3.53. The number of aromatic nitrogens is 2. The van der Waals surface area contributed by atoms with Crippen molar-refractivity contribution in [2.45, 2.75) is 0 Å². The van der Waals surface area contributed by atoms with Crippen molar-refractivity contribution in [1.29, 1.82) is 0 Å². The van der Waals surface area contributed by atoms with E-state index in [1.807, 2.05) is 60.8 Å². The molecule has 0 spiro atoms. The van der Waals surface area contributed by atoms with Crippen molar-refractivity contribution in [2.24, 2.45) is 0 Å². The molecule has 25 heavy (non-hydrogen) atoms. The van der Waals surface area contributed by atoms with Crippen molar-refractivity contribution in [3.63, 3.8) is 0 Å². The molecule has 5 nitrogen and oxygen atoms in total. The number of piperazine rings is 1. The Labute approximate surface area is 152 Å². The first-order chi connectivity index (χ1) is 12.3. The molecule has 4 rings (SSSR count). The standard InChI is InChI=1S/C19H19N5S/c25-19(21-15-6-2-1-3-7-15)24-12-10-23(11-13-24)18-14-20-16-8-4-5-9-17(16)22-18/h1-9,14H,10-13H2,(H,21,25). The second kappa shape index (κ2) is 7.03. The molecule has 2 heterocycles. The lowest BCUT2D eigenvalue weighted by Crippen LogP contribution is -2.50. The molecule has 1 aliphatic heterocycles. The lowest BCUT2D eigenvalue weighted by atomic mass is 10.3. The van der Waals surface area contributed by atoms with E-state index in [1.165, 1.54) is 0 Å². The van der Waals surface area contributed by atoms with Gasteiger partial charge < -0.3 is 15.1 Å². The van der Waals surface area contributed by atoms with Crippen LogP contribution in [0.1, 0.15) is 0 Å². The van der Waals surface area contributed by atoms with Crippen LogP contribution in [0, 0.1) is 0 Å². The van der Waals surface area contributed by atoms with Gasteiger partial charge in [-0.25, -0.2) is 4.98 Å². The zero-order valence-corrected chi connectivity index (χ0v) is 14.6. The minimum Gasteiger partial charge on any atom is -0.352 e. The summed E-state index contributed by atoms with van der Waals surface area (Å²) in [5.74, 6) is 0.931. The van der Waals surface area contributed by atoms with Gasteiger partial charge in [0, 0.05) is 31.9 Å². The summed E-state index contributed by atoms with van der Waals surface area (Å²) >= 11 is 5.54. The summed E-state index contributed by atoms with van der Waals surface area (Å²) in [6, 6.07) is 18.0. The van der Waals surface area contributed by atoms with Gasteiger partial charge in [-0.2, -0.15) is 0 Å². The summed E-state index contributed by atoms with van der Waals surface area (Å²) in [5.41, 5.74) is 2.89. The molecule has 1 aliphatic rings. The fraction of sp³-hybridized carbons (Fsp3) is 0.211. The van der Waals surface area contributed by atoms with Crippen LogP contribution in [0.3, 0.4) is 0 Å². The molecule has 0 saturated carbocycles. The Morgan fingerprint density at radius 2 is 1.56 bits per heavy atom. The smallest absolute Gasteiger partial charge is 0.173 e. The average Bonchev–Trinajstić information content (AvgIpc) is 2.68. The van der Waals surface area contributed by atoms with E-state index in [2.05, 4.69) is 20.1 Å². The zero-order chi connectivity index (χ0) is 17.1. The molecule has 0 unspecified atom stereocenters. The maximum absolute atomic E-state index is 5.54. The van der Waals surface area contributed by atoms with E-state index in [4.69, 9.17) is 17.2 Å². The van der Waals surface area contributed by atoms with Crippen molar-refractivity contribution < 1.29 is 0 Å². The van der Waals surface area contributed by atoms with Crippen LogP contribution in [-0.4, -0.2) is 46.2 Å². The first kappa shape index (κ1) is 15.8. The summed E-state index contributed by atoms with van der Waals surface area (Å²) in [5, 5.41) is 4.07. The average molecular weight is 349 g/mol. The Hall–Kier alpha value is -2.73. The lowest BCUT2D eigenvalue weighted by molar-refractivity contribution is 0.389. The molecule has 0 bridgehead atoms. The van der Waals surface area contributed by atoms with Crippen LogP contribution in [0.25, 0.3) is 11.0 Å². The summed E-state index contributed by atoms with van der Waals surface area (Å²) in [4.78, 5) is 13.7. The SMILES string of the molecule is S=C(Nc1ccccc1)N1CCN(c2cnc3ccccc3n2)CC1. The number of hydrogen-bond donors (Lipinski definition) is 1. The number of nitrogens with one attached hydrogen (secondary N) is 1. The summed E-state index contributed by atoms with van der Waals surface area (Å²) < 4.78 is 0. The van der Waals surface area contributed by atoms with Gasteiger partial charge in [-0.1, -0.05) is 30.3 Å². The van der Waals surface area contributed by atoms with Gasteiger partial charge in [-0.15, -0.1) is 0 Å². The number of nitrogens with zero attached hydrogens (tertiary/aromatic N) is 4. The van der Waals surface area contributed by atoms with Crippen molar-refractivity contribution in [3.05, 3.63) is 60.8 Å². The van der Waals surface area contributed by atoms with Crippen molar-refractivity contribution >= 4 is 39.9 Å². The third-order valence-corrected chi connectivity index (χ3v) is 4.71. The third-order valence-electron chi connectivity index (χ3n) is 4.35. The molecule has 1 fully saturated rings. The summed E-state index contributed by atoms with van der Waals surface area (Å²) in [7, 11) is 0. The molecule has 1 N–H and O–H groups in total. The lowest BCUT2D eigenvalue weighted by Gasteiger charge is -2.36. The molecule has 0 aliphatic carbocycles. The summed E-state index contributed by atoms with van der Waals surface area (Å²) in [6.07, 6.45) is 1.86. The number of anilines is 2. The molecule has 0 radical (unpaired) electrons. The summed E-state index contributed by atoms with van der Waals surface area (Å²) in [6.45, 7) is 3.49. The minimum absolute atomic E-state index is 0.774. The van der Waals surface area contributed by atoms with E-state index < -0.39 is 0 Å². The van der Waals surface area contributed by atoms with E-state index in [9.17, 15) is 0 Å². The van der Waals surface area contributed by atoms with E-state index in [0.717, 1.165) is 53.8 Å². The minimum atomic E-state index is 0.774. The highest BCUT2D eigenvalue weighted by molar-refractivity contribution is 7.80. The largest absolute Gasteiger partial charge is 0.352 e. The van der Waals surface area contributed by atoms with Gasteiger partial charge in [0.2, 0.25) is 0 Å². The number of thiocarbonyl (C=S) groups is 1. The number of benzene rings is 2. The number of fused-ring (bicyclic) bond motifs is 1. The second-order valence-electron chi connectivity index (χ2n) is 5.99. The van der Waals surface area contributed by atoms with Crippen molar-refractivity contribution in [1.82, 2.24) is 14.9 Å². The fourth-order valence-corrected chi connectivity index (χ4v) is 3.26. The van der Waals surface area contributed by atoms with Crippen LogP contribution in [0.15, 0.2) is 60.8 Å². The van der Waals surface area contributed by atoms with Crippen LogP contribution in [0.5, 0.6) is 0 Å². The predicted molar refractivity (Wildman–Crippen MR) is 106 cm³/mol. The maximum atomic E-state index is 5.54. The molecule has 0 atom stereocenters. The van der Waals surface area contributed by atoms with Crippen LogP contribution >= 0.6 is 12.2 Å². The van der Waals surface area contributed by atoms with Crippen LogP contribution in [-0.2, 0) is 0 Å². The molecule has 3 aromatic rings. The highest BCUT2D eigenvalue weighted by Crippen LogP contribution is 2.17. The molecular weight excluding hydrogens is 330 g/mol. The second-order valence-corrected chi connectivity index (χ2v) is 6.37. The Balaban J connectivity index is 1.39. The molecule has 0 amide bonds. The first-order valence-electron chi connectivity index (χ1n) is 8.37. The molecule has 1 saturated heterocycles. The van der Waals surface area contributed by atoms with E-state index in [1.54, 1.807) is 0 Å². The Morgan fingerprint density at radius 3 is 2.32 bits per heavy atom. The highest BCUT2D eigenvalue weighted by atomic mass is 32.1. The van der Waals surface area contributed by atoms with Crippen molar-refractivity contribution in [2.75, 3.05) is 36.4 Å². The molecule has 6 heteroatoms. The van der Waals surface area contributed by atoms with Gasteiger partial charge in [-0.05, 0) is 36.5 Å². The topological polar surface area (TPSA) is 44.3 Å². The number of rotatable bonds is 2. The van der Waals surface area contributed by atoms with Gasteiger partial charge in [0.05, 0.1) is 17.2 Å². The monoisotopic (exact) mass is 349 g/mol. The number of para-hydroxylation sites is 3. The Kier molecular flexibility index (Phi) is 4.43. The first-order valence-corrected chi connectivity index (χ1v) is 8.78.